The van der Waals surface area contributed by atoms with Gasteiger partial charge in [0.1, 0.15) is 5.82 Å². The maximum atomic E-state index is 12.5. The number of amides is 1. The zero-order valence-electron chi connectivity index (χ0n) is 17.6. The lowest BCUT2D eigenvalue weighted by atomic mass is 10.1. The number of thioether (sulfide) groups is 1. The third-order valence-electron chi connectivity index (χ3n) is 4.85. The number of nitro benzene ring substituents is 1. The van der Waals surface area contributed by atoms with Crippen LogP contribution in [0.4, 0.5) is 11.4 Å². The van der Waals surface area contributed by atoms with Crippen LogP contribution >= 0.6 is 23.1 Å². The summed E-state index contributed by atoms with van der Waals surface area (Å²) in [7, 11) is 0. The zero-order chi connectivity index (χ0) is 23.0. The van der Waals surface area contributed by atoms with Gasteiger partial charge in [-0.1, -0.05) is 54.2 Å². The minimum atomic E-state index is -0.491. The van der Waals surface area contributed by atoms with Crippen molar-refractivity contribution in [2.45, 2.75) is 24.5 Å². The number of aryl methyl sites for hydroxylation is 1. The molecule has 8 nitrogen and oxygen atoms in total. The van der Waals surface area contributed by atoms with E-state index in [1.807, 2.05) is 29.6 Å². The predicted octanol–water partition coefficient (Wildman–Crippen LogP) is 4.81. The summed E-state index contributed by atoms with van der Waals surface area (Å²) < 4.78 is 2.07. The number of hydrogen-bond acceptors (Lipinski definition) is 7. The Morgan fingerprint density at radius 1 is 1.09 bits per heavy atom. The number of aromatic nitrogens is 3. The highest BCUT2D eigenvalue weighted by Gasteiger charge is 2.16. The van der Waals surface area contributed by atoms with Crippen LogP contribution in [0.2, 0.25) is 0 Å². The molecule has 0 aliphatic heterocycles. The van der Waals surface area contributed by atoms with Crippen molar-refractivity contribution in [3.8, 4) is 0 Å². The van der Waals surface area contributed by atoms with E-state index in [4.69, 9.17) is 0 Å². The summed E-state index contributed by atoms with van der Waals surface area (Å²) in [5.41, 5.74) is 1.53. The number of anilines is 1. The van der Waals surface area contributed by atoms with E-state index in [9.17, 15) is 14.9 Å². The van der Waals surface area contributed by atoms with Crippen molar-refractivity contribution >= 4 is 40.4 Å². The summed E-state index contributed by atoms with van der Waals surface area (Å²) in [4.78, 5) is 24.1. The lowest BCUT2D eigenvalue weighted by molar-refractivity contribution is -0.384. The topological polar surface area (TPSA) is 103 Å². The normalized spacial score (nSPS) is 10.8. The zero-order valence-corrected chi connectivity index (χ0v) is 19.2. The quantitative estimate of drug-likeness (QED) is 0.199. The molecule has 0 atom stereocenters. The summed E-state index contributed by atoms with van der Waals surface area (Å²) in [5, 5.41) is 25.1. The molecule has 1 N–H and O–H groups in total. The van der Waals surface area contributed by atoms with Crippen LogP contribution in [0.1, 0.15) is 16.3 Å². The molecule has 2 aromatic heterocycles. The van der Waals surface area contributed by atoms with E-state index >= 15 is 0 Å². The Morgan fingerprint density at radius 3 is 2.70 bits per heavy atom. The van der Waals surface area contributed by atoms with Crippen molar-refractivity contribution in [3.05, 3.63) is 98.5 Å². The van der Waals surface area contributed by atoms with Gasteiger partial charge in [0.25, 0.3) is 5.69 Å². The van der Waals surface area contributed by atoms with Gasteiger partial charge >= 0.3 is 0 Å². The van der Waals surface area contributed by atoms with Crippen LogP contribution in [-0.2, 0) is 24.2 Å². The highest BCUT2D eigenvalue weighted by atomic mass is 32.2. The first-order valence-corrected chi connectivity index (χ1v) is 12.1. The first-order chi connectivity index (χ1) is 16.1. The Balaban J connectivity index is 1.44. The van der Waals surface area contributed by atoms with E-state index in [0.717, 1.165) is 12.2 Å². The average molecular weight is 480 g/mol. The Morgan fingerprint density at radius 2 is 1.94 bits per heavy atom. The standard InChI is InChI=1S/C23H21N5O3S2/c29-22(24-18-8-4-9-19(14-18)28(30)31)16-33-23-26-25-21(15-20-10-5-13-32-20)27(23)12-11-17-6-2-1-3-7-17/h1-10,13-14H,11-12,15-16H2,(H,24,29). The fourth-order valence-corrected chi connectivity index (χ4v) is 4.75. The molecule has 1 amide bonds. The van der Waals surface area contributed by atoms with Gasteiger partial charge in [0, 0.05) is 35.7 Å². The summed E-state index contributed by atoms with van der Waals surface area (Å²) in [6.45, 7) is 0.701. The van der Waals surface area contributed by atoms with E-state index in [-0.39, 0.29) is 17.3 Å². The first kappa shape index (κ1) is 22.7. The summed E-state index contributed by atoms with van der Waals surface area (Å²) >= 11 is 2.97. The minimum absolute atomic E-state index is 0.0701. The molecule has 0 saturated heterocycles. The molecule has 0 saturated carbocycles. The van der Waals surface area contributed by atoms with E-state index < -0.39 is 4.92 Å². The van der Waals surface area contributed by atoms with Gasteiger partial charge in [0.2, 0.25) is 5.91 Å². The molecule has 0 fully saturated rings. The van der Waals surface area contributed by atoms with Gasteiger partial charge in [0.05, 0.1) is 10.7 Å². The third kappa shape index (κ3) is 6.27. The largest absolute Gasteiger partial charge is 0.325 e. The second-order valence-electron chi connectivity index (χ2n) is 7.19. The smallest absolute Gasteiger partial charge is 0.271 e. The Labute approximate surface area is 198 Å². The van der Waals surface area contributed by atoms with Crippen molar-refractivity contribution in [2.24, 2.45) is 0 Å². The monoisotopic (exact) mass is 479 g/mol. The summed E-state index contributed by atoms with van der Waals surface area (Å²) in [5.74, 6) is 0.707. The number of nitrogens with one attached hydrogen (secondary N) is 1. The first-order valence-electron chi connectivity index (χ1n) is 10.2. The molecule has 0 bridgehead atoms. The van der Waals surface area contributed by atoms with E-state index in [0.29, 0.717) is 23.8 Å². The van der Waals surface area contributed by atoms with Crippen molar-refractivity contribution in [3.63, 3.8) is 0 Å². The number of carbonyl (C=O) groups excluding carboxylic acids is 1. The van der Waals surface area contributed by atoms with Gasteiger partial charge in [-0.2, -0.15) is 0 Å². The van der Waals surface area contributed by atoms with Crippen LogP contribution < -0.4 is 5.32 Å². The van der Waals surface area contributed by atoms with Gasteiger partial charge in [-0.25, -0.2) is 0 Å². The Bertz CT molecular complexity index is 1230. The van der Waals surface area contributed by atoms with Crippen molar-refractivity contribution in [2.75, 3.05) is 11.1 Å². The molecular weight excluding hydrogens is 458 g/mol. The maximum absolute atomic E-state index is 12.5. The lowest BCUT2D eigenvalue weighted by Gasteiger charge is -2.10. The lowest BCUT2D eigenvalue weighted by Crippen LogP contribution is -2.15. The summed E-state index contributed by atoms with van der Waals surface area (Å²) in [6.07, 6.45) is 1.50. The second kappa shape index (κ2) is 10.9. The van der Waals surface area contributed by atoms with Gasteiger partial charge in [-0.05, 0) is 29.5 Å². The molecule has 10 heteroatoms. The van der Waals surface area contributed by atoms with Gasteiger partial charge in [0.15, 0.2) is 5.16 Å². The molecule has 168 valence electrons. The molecule has 4 aromatic rings. The van der Waals surface area contributed by atoms with Crippen LogP contribution in [0, 0.1) is 10.1 Å². The Kier molecular flexibility index (Phi) is 7.48. The fraction of sp³-hybridized carbons (Fsp3) is 0.174. The molecule has 0 aliphatic rings. The van der Waals surface area contributed by atoms with Crippen molar-refractivity contribution in [1.29, 1.82) is 0 Å². The molecule has 2 heterocycles. The number of carbonyl (C=O) groups is 1. The number of nitro groups is 1. The molecule has 0 unspecified atom stereocenters. The second-order valence-corrected chi connectivity index (χ2v) is 9.16. The molecular formula is C23H21N5O3S2. The third-order valence-corrected chi connectivity index (χ3v) is 6.69. The number of thiophene rings is 1. The Hall–Kier alpha value is -3.50. The van der Waals surface area contributed by atoms with Crippen LogP contribution in [0.25, 0.3) is 0 Å². The number of benzene rings is 2. The molecule has 33 heavy (non-hydrogen) atoms. The SMILES string of the molecule is O=C(CSc1nnc(Cc2cccs2)n1CCc1ccccc1)Nc1cccc([N+](=O)[O-])c1. The highest BCUT2D eigenvalue weighted by Crippen LogP contribution is 2.22. The molecule has 4 rings (SSSR count). The average Bonchev–Trinajstić information content (AvgIpc) is 3.47. The van der Waals surface area contributed by atoms with Crippen LogP contribution in [-0.4, -0.2) is 31.3 Å². The number of nitrogens with zero attached hydrogens (tertiary/aromatic N) is 4. The fourth-order valence-electron chi connectivity index (χ4n) is 3.26. The summed E-state index contributed by atoms with van der Waals surface area (Å²) in [6, 6.07) is 20.2. The van der Waals surface area contributed by atoms with Crippen molar-refractivity contribution in [1.82, 2.24) is 14.8 Å². The van der Waals surface area contributed by atoms with E-state index in [1.165, 1.54) is 40.4 Å². The molecule has 2 aromatic carbocycles. The molecule has 0 radical (unpaired) electrons. The van der Waals surface area contributed by atoms with E-state index in [2.05, 4.69) is 38.3 Å². The van der Waals surface area contributed by atoms with Crippen LogP contribution in [0.3, 0.4) is 0 Å². The minimum Gasteiger partial charge on any atom is -0.325 e. The van der Waals surface area contributed by atoms with Gasteiger partial charge in [-0.15, -0.1) is 21.5 Å². The van der Waals surface area contributed by atoms with Crippen LogP contribution in [0.15, 0.2) is 77.3 Å². The number of hydrogen-bond donors (Lipinski definition) is 1. The number of non-ortho nitro benzene ring substituents is 1. The van der Waals surface area contributed by atoms with Crippen LogP contribution in [0.5, 0.6) is 0 Å². The van der Waals surface area contributed by atoms with Gasteiger partial charge in [-0.3, -0.25) is 14.9 Å². The number of rotatable bonds is 10. The highest BCUT2D eigenvalue weighted by molar-refractivity contribution is 7.99. The molecule has 0 aliphatic carbocycles. The molecule has 0 spiro atoms. The maximum Gasteiger partial charge on any atom is 0.271 e. The van der Waals surface area contributed by atoms with Gasteiger partial charge < -0.3 is 9.88 Å². The van der Waals surface area contributed by atoms with Crippen molar-refractivity contribution < 1.29 is 9.72 Å². The van der Waals surface area contributed by atoms with E-state index in [1.54, 1.807) is 17.4 Å². The predicted molar refractivity (Wildman–Crippen MR) is 130 cm³/mol.